The number of aliphatic imine (C=N–C) groups is 1. The molecule has 0 aromatic carbocycles. The van der Waals surface area contributed by atoms with E-state index in [1.807, 2.05) is 0 Å². The van der Waals surface area contributed by atoms with Crippen molar-refractivity contribution in [3.05, 3.63) is 23.6 Å². The minimum Gasteiger partial charge on any atom is -0.452 e. The summed E-state index contributed by atoms with van der Waals surface area (Å²) < 4.78 is 70.9. The summed E-state index contributed by atoms with van der Waals surface area (Å²) in [5.41, 5.74) is 8.18. The van der Waals surface area contributed by atoms with Crippen molar-refractivity contribution < 1.29 is 31.5 Å². The van der Waals surface area contributed by atoms with Crippen molar-refractivity contribution in [3.63, 3.8) is 0 Å². The Morgan fingerprint density at radius 2 is 2.09 bits per heavy atom. The molecule has 1 unspecified atom stereocenters. The van der Waals surface area contributed by atoms with Crippen LogP contribution in [0.4, 0.5) is 22.0 Å². The molecule has 0 aromatic rings. The van der Waals surface area contributed by atoms with Crippen LogP contribution in [0.25, 0.3) is 0 Å². The SMILES string of the molecule is NC(=O)C1=CC=C(F)C([C@]2(CF)C[C@@H](C(F)(F)F)OC(N)=N2)C1. The van der Waals surface area contributed by atoms with Crippen molar-refractivity contribution in [1.82, 2.24) is 0 Å². The summed E-state index contributed by atoms with van der Waals surface area (Å²) in [4.78, 5) is 14.8. The maximum atomic E-state index is 14.1. The largest absolute Gasteiger partial charge is 0.452 e. The van der Waals surface area contributed by atoms with Crippen LogP contribution in [0.1, 0.15) is 12.8 Å². The fraction of sp³-hybridized carbons (Fsp3) is 0.538. The maximum absolute atomic E-state index is 14.1. The van der Waals surface area contributed by atoms with Gasteiger partial charge in [0.2, 0.25) is 5.91 Å². The normalized spacial score (nSPS) is 31.6. The predicted molar refractivity (Wildman–Crippen MR) is 70.4 cm³/mol. The van der Waals surface area contributed by atoms with Crippen molar-refractivity contribution in [2.24, 2.45) is 22.4 Å². The Morgan fingerprint density at radius 3 is 2.61 bits per heavy atom. The number of ether oxygens (including phenoxy) is 1. The second kappa shape index (κ2) is 5.82. The van der Waals surface area contributed by atoms with Crippen LogP contribution in [-0.4, -0.2) is 36.4 Å². The fourth-order valence-corrected chi connectivity index (χ4v) is 2.69. The van der Waals surface area contributed by atoms with E-state index >= 15 is 0 Å². The molecule has 23 heavy (non-hydrogen) atoms. The molecule has 0 aromatic heterocycles. The summed E-state index contributed by atoms with van der Waals surface area (Å²) in [6.07, 6.45) is -6.58. The third-order valence-corrected chi connectivity index (χ3v) is 3.90. The smallest absolute Gasteiger partial charge is 0.425 e. The predicted octanol–water partition coefficient (Wildman–Crippen LogP) is 1.65. The van der Waals surface area contributed by atoms with Crippen LogP contribution >= 0.6 is 0 Å². The molecule has 1 amide bonds. The number of primary amides is 1. The van der Waals surface area contributed by atoms with Crippen LogP contribution in [0.5, 0.6) is 0 Å². The van der Waals surface area contributed by atoms with Gasteiger partial charge in [0.05, 0.1) is 0 Å². The molecule has 0 fully saturated rings. The number of allylic oxidation sites excluding steroid dienone is 2. The lowest BCUT2D eigenvalue weighted by atomic mass is 9.74. The van der Waals surface area contributed by atoms with Gasteiger partial charge in [-0.05, 0) is 12.5 Å². The molecule has 4 N–H and O–H groups in total. The van der Waals surface area contributed by atoms with Gasteiger partial charge in [-0.1, -0.05) is 6.08 Å². The number of hydrogen-bond acceptors (Lipinski definition) is 4. The maximum Gasteiger partial charge on any atom is 0.425 e. The van der Waals surface area contributed by atoms with Gasteiger partial charge in [0.25, 0.3) is 6.02 Å². The first-order valence-corrected chi connectivity index (χ1v) is 6.60. The lowest BCUT2D eigenvalue weighted by molar-refractivity contribution is -0.210. The van der Waals surface area contributed by atoms with E-state index in [0.29, 0.717) is 0 Å². The average Bonchev–Trinajstić information content (AvgIpc) is 2.45. The van der Waals surface area contributed by atoms with Gasteiger partial charge >= 0.3 is 6.18 Å². The van der Waals surface area contributed by atoms with Crippen molar-refractivity contribution in [3.8, 4) is 0 Å². The second-order valence-corrected chi connectivity index (χ2v) is 5.40. The number of nitrogens with zero attached hydrogens (tertiary/aromatic N) is 1. The van der Waals surface area contributed by atoms with Crippen molar-refractivity contribution in [2.45, 2.75) is 30.7 Å². The fourth-order valence-electron chi connectivity index (χ4n) is 2.69. The van der Waals surface area contributed by atoms with Gasteiger partial charge in [0.15, 0.2) is 6.10 Å². The van der Waals surface area contributed by atoms with Gasteiger partial charge in [0.1, 0.15) is 18.0 Å². The molecule has 0 saturated carbocycles. The number of amidine groups is 1. The third kappa shape index (κ3) is 3.30. The van der Waals surface area contributed by atoms with E-state index < -0.39 is 54.6 Å². The number of halogens is 5. The van der Waals surface area contributed by atoms with Crippen molar-refractivity contribution in [2.75, 3.05) is 6.67 Å². The highest BCUT2D eigenvalue weighted by molar-refractivity contribution is 5.92. The highest BCUT2D eigenvalue weighted by atomic mass is 19.4. The van der Waals surface area contributed by atoms with Crippen LogP contribution in [0.2, 0.25) is 0 Å². The van der Waals surface area contributed by atoms with E-state index in [4.69, 9.17) is 11.5 Å². The monoisotopic (exact) mass is 339 g/mol. The molecule has 3 atom stereocenters. The van der Waals surface area contributed by atoms with E-state index in [-0.39, 0.29) is 12.0 Å². The quantitative estimate of drug-likeness (QED) is 0.766. The number of carbonyl (C=O) groups excluding carboxylic acids is 1. The molecule has 2 rings (SSSR count). The third-order valence-electron chi connectivity index (χ3n) is 3.90. The zero-order valence-electron chi connectivity index (χ0n) is 11.7. The van der Waals surface area contributed by atoms with Crippen LogP contribution < -0.4 is 11.5 Å². The summed E-state index contributed by atoms with van der Waals surface area (Å²) in [5, 5.41) is 0. The summed E-state index contributed by atoms with van der Waals surface area (Å²) in [6.45, 7) is -1.40. The molecule has 128 valence electrons. The standard InChI is InChI=1S/C13H14F5N3O2/c14-5-12(4-9(13(16,17)18)23-11(20)21-12)7-3-6(10(19)22)1-2-8(7)15/h1-2,7,9H,3-5H2,(H2,19,22)(H2,20,21)/t7?,9-,12+/m0/s1. The molecule has 5 nitrogen and oxygen atoms in total. The summed E-state index contributed by atoms with van der Waals surface area (Å²) >= 11 is 0. The van der Waals surface area contributed by atoms with E-state index in [1.165, 1.54) is 0 Å². The van der Waals surface area contributed by atoms with E-state index in [0.717, 1.165) is 12.2 Å². The topological polar surface area (TPSA) is 90.7 Å². The first kappa shape index (κ1) is 17.2. The Morgan fingerprint density at radius 1 is 1.43 bits per heavy atom. The first-order chi connectivity index (χ1) is 10.6. The second-order valence-electron chi connectivity index (χ2n) is 5.40. The van der Waals surface area contributed by atoms with Crippen LogP contribution in [-0.2, 0) is 9.53 Å². The van der Waals surface area contributed by atoms with Gasteiger partial charge in [-0.3, -0.25) is 4.79 Å². The highest BCUT2D eigenvalue weighted by Crippen LogP contribution is 2.44. The molecule has 0 spiro atoms. The summed E-state index contributed by atoms with van der Waals surface area (Å²) in [6, 6.07) is -0.876. The van der Waals surface area contributed by atoms with Crippen LogP contribution in [0, 0.1) is 5.92 Å². The number of nitrogens with two attached hydrogens (primary N) is 2. The van der Waals surface area contributed by atoms with Gasteiger partial charge in [0, 0.05) is 17.9 Å². The van der Waals surface area contributed by atoms with Crippen molar-refractivity contribution in [1.29, 1.82) is 0 Å². The van der Waals surface area contributed by atoms with E-state index in [2.05, 4.69) is 9.73 Å². The summed E-state index contributed by atoms with van der Waals surface area (Å²) in [7, 11) is 0. The lowest BCUT2D eigenvalue weighted by Crippen LogP contribution is -2.53. The lowest BCUT2D eigenvalue weighted by Gasteiger charge is -2.41. The van der Waals surface area contributed by atoms with Crippen molar-refractivity contribution >= 4 is 11.9 Å². The van der Waals surface area contributed by atoms with E-state index in [9.17, 15) is 26.7 Å². The molecule has 2 aliphatic rings. The van der Waals surface area contributed by atoms with Crippen LogP contribution in [0.3, 0.4) is 0 Å². The molecular weight excluding hydrogens is 325 g/mol. The number of rotatable bonds is 3. The minimum absolute atomic E-state index is 0.0342. The Labute approximate surface area is 127 Å². The average molecular weight is 339 g/mol. The Bertz CT molecular complexity index is 599. The molecule has 0 bridgehead atoms. The Kier molecular flexibility index (Phi) is 4.36. The van der Waals surface area contributed by atoms with E-state index in [1.54, 1.807) is 0 Å². The molecule has 1 aliphatic carbocycles. The molecule has 1 heterocycles. The molecule has 0 saturated heterocycles. The number of hydrogen-bond donors (Lipinski definition) is 2. The molecule has 10 heteroatoms. The van der Waals surface area contributed by atoms with Gasteiger partial charge < -0.3 is 16.2 Å². The zero-order chi connectivity index (χ0) is 17.4. The Balaban J connectivity index is 2.41. The highest BCUT2D eigenvalue weighted by Gasteiger charge is 2.54. The molecular formula is C13H14F5N3O2. The number of amides is 1. The zero-order valence-corrected chi connectivity index (χ0v) is 11.7. The van der Waals surface area contributed by atoms with Gasteiger partial charge in [-0.2, -0.15) is 13.2 Å². The minimum atomic E-state index is -4.82. The molecule has 0 radical (unpaired) electrons. The van der Waals surface area contributed by atoms with Gasteiger partial charge in [-0.25, -0.2) is 13.8 Å². The molecule has 1 aliphatic heterocycles. The number of carbonyl (C=O) groups is 1. The summed E-state index contributed by atoms with van der Waals surface area (Å²) in [5.74, 6) is -3.19. The van der Waals surface area contributed by atoms with Crippen LogP contribution in [0.15, 0.2) is 28.5 Å². The first-order valence-electron chi connectivity index (χ1n) is 6.60. The number of alkyl halides is 4. The Hall–Kier alpha value is -2.13. The van der Waals surface area contributed by atoms with Gasteiger partial charge in [-0.15, -0.1) is 0 Å².